The zero-order chi connectivity index (χ0) is 10.8. The summed E-state index contributed by atoms with van der Waals surface area (Å²) in [5.41, 5.74) is 4.48. The van der Waals surface area contributed by atoms with Gasteiger partial charge in [0, 0.05) is 11.1 Å². The average molecular weight is 198 g/mol. The Morgan fingerprint density at radius 1 is 1.50 bits per heavy atom. The number of alkyl halides is 2. The number of nitrogens with zero attached hydrogens (tertiary/aromatic N) is 1. The lowest BCUT2D eigenvalue weighted by Gasteiger charge is -2.14. The molecular weight excluding hydrogens is 190 g/mol. The lowest BCUT2D eigenvalue weighted by molar-refractivity contribution is 0.00217. The van der Waals surface area contributed by atoms with E-state index in [1.165, 1.54) is 31.4 Å². The third-order valence-corrected chi connectivity index (χ3v) is 1.80. The van der Waals surface area contributed by atoms with Gasteiger partial charge in [0.1, 0.15) is 5.75 Å². The first-order valence-corrected chi connectivity index (χ1v) is 3.79. The van der Waals surface area contributed by atoms with Crippen LogP contribution in [-0.4, -0.2) is 0 Å². The van der Waals surface area contributed by atoms with E-state index < -0.39 is 6.05 Å². The molecule has 0 saturated carbocycles. The summed E-state index contributed by atoms with van der Waals surface area (Å²) in [7, 11) is 0. The molecule has 0 unspecified atom stereocenters. The van der Waals surface area contributed by atoms with Gasteiger partial charge in [-0.2, -0.15) is 8.78 Å². The van der Waals surface area contributed by atoms with Crippen LogP contribution in [0.25, 0.3) is 0 Å². The molecule has 0 aromatic heterocycles. The molecule has 0 saturated heterocycles. The fourth-order valence-electron chi connectivity index (χ4n) is 1.14. The summed E-state index contributed by atoms with van der Waals surface area (Å²) in [6.45, 7) is 1.42. The van der Waals surface area contributed by atoms with E-state index in [1.807, 2.05) is 0 Å². The molecular formula is C9H8F2N2O. The van der Waals surface area contributed by atoms with Crippen molar-refractivity contribution in [2.45, 2.75) is 13.0 Å². The van der Waals surface area contributed by atoms with Crippen LogP contribution in [0.1, 0.15) is 11.1 Å². The molecule has 0 amide bonds. The van der Waals surface area contributed by atoms with Crippen LogP contribution in [-0.2, 0) is 6.05 Å². The molecule has 0 heterocycles. The third kappa shape index (κ3) is 1.98. The van der Waals surface area contributed by atoms with E-state index >= 15 is 0 Å². The minimum absolute atomic E-state index is 0.0927. The quantitative estimate of drug-likeness (QED) is 0.582. The Morgan fingerprint density at radius 3 is 2.64 bits per heavy atom. The normalized spacial score (nSPS) is 10.8. The van der Waals surface area contributed by atoms with Crippen molar-refractivity contribution in [2.75, 3.05) is 0 Å². The lowest BCUT2D eigenvalue weighted by Crippen LogP contribution is -2.26. The molecule has 14 heavy (non-hydrogen) atoms. The molecule has 0 radical (unpaired) electrons. The van der Waals surface area contributed by atoms with Gasteiger partial charge >= 0.3 is 6.05 Å². The first-order chi connectivity index (χ1) is 6.46. The van der Waals surface area contributed by atoms with Gasteiger partial charge in [-0.15, -0.1) is 5.26 Å². The van der Waals surface area contributed by atoms with E-state index in [-0.39, 0.29) is 16.9 Å². The Balaban J connectivity index is 3.22. The largest absolute Gasteiger partial charge is 0.388 e. The maximum absolute atomic E-state index is 12.8. The van der Waals surface area contributed by atoms with E-state index in [1.54, 1.807) is 0 Å². The van der Waals surface area contributed by atoms with Crippen molar-refractivity contribution in [2.24, 2.45) is 5.73 Å². The second kappa shape index (κ2) is 3.60. The summed E-state index contributed by atoms with van der Waals surface area (Å²) in [4.78, 5) is 0. The number of halogens is 2. The maximum Gasteiger partial charge on any atom is 0.327 e. The van der Waals surface area contributed by atoms with Crippen LogP contribution in [0, 0.1) is 18.4 Å². The smallest absolute Gasteiger partial charge is 0.327 e. The van der Waals surface area contributed by atoms with E-state index in [9.17, 15) is 8.78 Å². The standard InChI is InChI=1S/C9H8F2N2O/c1-6-7(9(10,11)13)3-2-4-8(6)14-5-12/h2-4H,13H2,1H3. The Hall–Kier alpha value is -1.67. The summed E-state index contributed by atoms with van der Waals surface area (Å²) in [6.07, 6.45) is 1.42. The Bertz CT molecular complexity index is 379. The van der Waals surface area contributed by atoms with Crippen LogP contribution in [0.2, 0.25) is 0 Å². The molecule has 0 aliphatic carbocycles. The van der Waals surface area contributed by atoms with Crippen LogP contribution in [0.4, 0.5) is 8.78 Å². The highest BCUT2D eigenvalue weighted by Gasteiger charge is 2.28. The van der Waals surface area contributed by atoms with Gasteiger partial charge in [0.05, 0.1) is 0 Å². The predicted octanol–water partition coefficient (Wildman–Crippen LogP) is 1.86. The van der Waals surface area contributed by atoms with Crippen LogP contribution in [0.15, 0.2) is 18.2 Å². The number of benzene rings is 1. The molecule has 3 nitrogen and oxygen atoms in total. The van der Waals surface area contributed by atoms with Crippen molar-refractivity contribution in [3.05, 3.63) is 29.3 Å². The molecule has 0 bridgehead atoms. The molecule has 2 N–H and O–H groups in total. The van der Waals surface area contributed by atoms with Gasteiger partial charge in [-0.25, -0.2) is 0 Å². The lowest BCUT2D eigenvalue weighted by atomic mass is 10.1. The molecule has 0 atom stereocenters. The molecule has 1 aromatic carbocycles. The monoisotopic (exact) mass is 198 g/mol. The van der Waals surface area contributed by atoms with Crippen LogP contribution in [0.3, 0.4) is 0 Å². The number of nitriles is 1. The van der Waals surface area contributed by atoms with Crippen molar-refractivity contribution in [1.29, 1.82) is 5.26 Å². The average Bonchev–Trinajstić information content (AvgIpc) is 2.07. The number of hydrogen-bond acceptors (Lipinski definition) is 3. The van der Waals surface area contributed by atoms with Gasteiger partial charge in [-0.1, -0.05) is 12.1 Å². The number of nitrogens with two attached hydrogens (primary N) is 1. The van der Waals surface area contributed by atoms with Gasteiger partial charge in [-0.3, -0.25) is 5.73 Å². The van der Waals surface area contributed by atoms with E-state index in [0.29, 0.717) is 0 Å². The van der Waals surface area contributed by atoms with Crippen molar-refractivity contribution in [3.8, 4) is 12.0 Å². The van der Waals surface area contributed by atoms with Gasteiger partial charge in [0.15, 0.2) is 0 Å². The predicted molar refractivity (Wildman–Crippen MR) is 45.5 cm³/mol. The summed E-state index contributed by atoms with van der Waals surface area (Å²) in [5.74, 6) is 0.0927. The highest BCUT2D eigenvalue weighted by Crippen LogP contribution is 2.30. The van der Waals surface area contributed by atoms with Crippen LogP contribution >= 0.6 is 0 Å². The van der Waals surface area contributed by atoms with Gasteiger partial charge in [0.2, 0.25) is 0 Å². The second-order valence-corrected chi connectivity index (χ2v) is 2.75. The van der Waals surface area contributed by atoms with Crippen molar-refractivity contribution in [3.63, 3.8) is 0 Å². The van der Waals surface area contributed by atoms with Gasteiger partial charge in [-0.05, 0) is 13.0 Å². The van der Waals surface area contributed by atoms with Gasteiger partial charge < -0.3 is 4.74 Å². The first kappa shape index (κ1) is 10.4. The molecule has 0 aliphatic rings. The number of ether oxygens (including phenoxy) is 1. The van der Waals surface area contributed by atoms with E-state index in [0.717, 1.165) is 0 Å². The summed E-state index contributed by atoms with van der Waals surface area (Å²) in [5, 5.41) is 8.25. The fourth-order valence-corrected chi connectivity index (χ4v) is 1.14. The number of rotatable bonds is 2. The fraction of sp³-hybridized carbons (Fsp3) is 0.222. The highest BCUT2D eigenvalue weighted by molar-refractivity contribution is 5.41. The van der Waals surface area contributed by atoms with E-state index in [2.05, 4.69) is 10.5 Å². The molecule has 0 fully saturated rings. The topological polar surface area (TPSA) is 59.0 Å². The van der Waals surface area contributed by atoms with Crippen LogP contribution < -0.4 is 10.5 Å². The molecule has 0 spiro atoms. The zero-order valence-corrected chi connectivity index (χ0v) is 7.42. The zero-order valence-electron chi connectivity index (χ0n) is 7.42. The Labute approximate surface area is 79.7 Å². The molecule has 1 aromatic rings. The summed E-state index contributed by atoms with van der Waals surface area (Å²) < 4.78 is 30.0. The minimum Gasteiger partial charge on any atom is -0.388 e. The van der Waals surface area contributed by atoms with Crippen molar-refractivity contribution >= 4 is 0 Å². The Morgan fingerprint density at radius 2 is 2.14 bits per heavy atom. The van der Waals surface area contributed by atoms with Crippen molar-refractivity contribution in [1.82, 2.24) is 0 Å². The molecule has 1 rings (SSSR count). The first-order valence-electron chi connectivity index (χ1n) is 3.79. The maximum atomic E-state index is 12.8. The molecule has 0 aliphatic heterocycles. The molecule has 74 valence electrons. The minimum atomic E-state index is -3.42. The third-order valence-electron chi connectivity index (χ3n) is 1.80. The second-order valence-electron chi connectivity index (χ2n) is 2.75. The SMILES string of the molecule is Cc1c(OC#N)cccc1C(N)(F)F. The van der Waals surface area contributed by atoms with E-state index in [4.69, 9.17) is 5.26 Å². The molecule has 5 heteroatoms. The Kier molecular flexibility index (Phi) is 2.68. The van der Waals surface area contributed by atoms with Gasteiger partial charge in [0.25, 0.3) is 6.26 Å². The summed E-state index contributed by atoms with van der Waals surface area (Å²) in [6, 6.07) is 0.558. The summed E-state index contributed by atoms with van der Waals surface area (Å²) >= 11 is 0. The van der Waals surface area contributed by atoms with Crippen molar-refractivity contribution < 1.29 is 13.5 Å². The number of hydrogen-bond donors (Lipinski definition) is 1. The van der Waals surface area contributed by atoms with Crippen LogP contribution in [0.5, 0.6) is 5.75 Å². The highest BCUT2D eigenvalue weighted by atomic mass is 19.3.